The van der Waals surface area contributed by atoms with E-state index in [9.17, 15) is 27.2 Å². The largest absolute Gasteiger partial charge is 0.342 e. The monoisotopic (exact) mass is 590 g/mol. The second-order valence-electron chi connectivity index (χ2n) is 12.1. The molecule has 0 aromatic carbocycles. The topological polar surface area (TPSA) is 109 Å². The lowest BCUT2D eigenvalue weighted by Crippen LogP contribution is -2.58. The number of aromatic nitrogens is 5. The van der Waals surface area contributed by atoms with Crippen LogP contribution in [0.2, 0.25) is 0 Å². The van der Waals surface area contributed by atoms with Crippen molar-refractivity contribution in [1.29, 1.82) is 0 Å². The average Bonchev–Trinajstić information content (AvgIpc) is 3.46. The zero-order valence-corrected chi connectivity index (χ0v) is 23.4. The van der Waals surface area contributed by atoms with Crippen molar-refractivity contribution in [3.05, 3.63) is 47.7 Å². The Morgan fingerprint density at radius 1 is 1.07 bits per heavy atom. The van der Waals surface area contributed by atoms with Crippen molar-refractivity contribution in [2.45, 2.75) is 82.3 Å². The van der Waals surface area contributed by atoms with Crippen molar-refractivity contribution in [3.63, 3.8) is 0 Å². The number of imidazole rings is 1. The number of hydrogen-bond acceptors (Lipinski definition) is 5. The van der Waals surface area contributed by atoms with E-state index >= 15 is 0 Å². The molecule has 226 valence electrons. The van der Waals surface area contributed by atoms with Gasteiger partial charge in [0.1, 0.15) is 5.69 Å². The fraction of sp³-hybridized carbons (Fsp3) is 0.607. The molecule has 4 heterocycles. The van der Waals surface area contributed by atoms with E-state index in [1.807, 2.05) is 13.8 Å². The quantitative estimate of drug-likeness (QED) is 0.362. The van der Waals surface area contributed by atoms with E-state index in [0.29, 0.717) is 22.6 Å². The summed E-state index contributed by atoms with van der Waals surface area (Å²) in [5, 5.41) is 14.0. The first-order valence-corrected chi connectivity index (χ1v) is 14.4. The maximum atomic E-state index is 14.3. The summed E-state index contributed by atoms with van der Waals surface area (Å²) in [6, 6.07) is 1.48. The number of carbonyl (C=O) groups excluding carboxylic acids is 2. The third kappa shape index (κ3) is 5.67. The Balaban J connectivity index is 1.32. The summed E-state index contributed by atoms with van der Waals surface area (Å²) in [6.07, 6.45) is 6.20. The minimum Gasteiger partial charge on any atom is -0.342 e. The summed E-state index contributed by atoms with van der Waals surface area (Å²) in [5.74, 6) is -6.43. The third-order valence-corrected chi connectivity index (χ3v) is 8.50. The SMILES string of the molecule is CC(C)n1nccc1C(=O)N[C@H](c1cn2ncc([C@@H](C3CC3)N3CC(F)(F)CNC3=O)cc2n1)C1CCC(F)(F)CC1. The van der Waals surface area contributed by atoms with Crippen LogP contribution in [0.4, 0.5) is 22.4 Å². The van der Waals surface area contributed by atoms with Crippen LogP contribution in [0.15, 0.2) is 30.7 Å². The summed E-state index contributed by atoms with van der Waals surface area (Å²) in [4.78, 5) is 31.9. The van der Waals surface area contributed by atoms with Crippen LogP contribution in [0.3, 0.4) is 0 Å². The predicted molar refractivity (Wildman–Crippen MR) is 143 cm³/mol. The van der Waals surface area contributed by atoms with Gasteiger partial charge in [-0.25, -0.2) is 31.9 Å². The molecule has 10 nitrogen and oxygen atoms in total. The lowest BCUT2D eigenvalue weighted by atomic mass is 9.81. The normalized spacial score (nSPS) is 22.3. The van der Waals surface area contributed by atoms with Crippen molar-refractivity contribution >= 4 is 17.6 Å². The van der Waals surface area contributed by atoms with Gasteiger partial charge >= 0.3 is 6.03 Å². The first-order valence-electron chi connectivity index (χ1n) is 14.4. The van der Waals surface area contributed by atoms with Gasteiger partial charge in [0.15, 0.2) is 5.65 Å². The van der Waals surface area contributed by atoms with Gasteiger partial charge in [0, 0.05) is 25.1 Å². The summed E-state index contributed by atoms with van der Waals surface area (Å²) < 4.78 is 59.7. The second kappa shape index (κ2) is 10.5. The fourth-order valence-electron chi connectivity index (χ4n) is 6.20. The number of carbonyl (C=O) groups is 2. The van der Waals surface area contributed by atoms with E-state index in [1.165, 1.54) is 15.6 Å². The van der Waals surface area contributed by atoms with Gasteiger partial charge in [-0.3, -0.25) is 9.48 Å². The molecular weight excluding hydrogens is 556 g/mol. The Hall–Kier alpha value is -3.71. The summed E-state index contributed by atoms with van der Waals surface area (Å²) in [7, 11) is 0. The zero-order chi connectivity index (χ0) is 29.8. The number of hydrogen-bond donors (Lipinski definition) is 2. The molecule has 42 heavy (non-hydrogen) atoms. The van der Waals surface area contributed by atoms with Crippen LogP contribution in [-0.2, 0) is 0 Å². The van der Waals surface area contributed by atoms with Gasteiger partial charge in [0.2, 0.25) is 5.92 Å². The van der Waals surface area contributed by atoms with Crippen LogP contribution in [0.5, 0.6) is 0 Å². The molecule has 2 aliphatic carbocycles. The number of fused-ring (bicyclic) bond motifs is 1. The van der Waals surface area contributed by atoms with Gasteiger partial charge in [-0.05, 0) is 69.1 Å². The fourth-order valence-corrected chi connectivity index (χ4v) is 6.20. The molecule has 0 bridgehead atoms. The molecule has 2 saturated carbocycles. The first-order chi connectivity index (χ1) is 19.9. The van der Waals surface area contributed by atoms with Crippen molar-refractivity contribution in [3.8, 4) is 0 Å². The molecule has 1 aliphatic heterocycles. The minimum atomic E-state index is -3.05. The first kappa shape index (κ1) is 28.4. The standard InChI is InChI=1S/C28H34F4N8O2/c1-16(2)40-21(7-10-34-40)25(41)37-23(17-5-8-27(29,30)9-6-17)20-13-39-22(36-20)11-19(12-35-39)24(18-3-4-18)38-15-28(31,32)14-33-26(38)42/h7,10-13,16-18,23-24H,3-6,8-9,14-15H2,1-2H3,(H,33,42)(H,37,41)/t23-,24+/m0/s1. The predicted octanol–water partition coefficient (Wildman–Crippen LogP) is 4.91. The lowest BCUT2D eigenvalue weighted by Gasteiger charge is -2.38. The van der Waals surface area contributed by atoms with Crippen LogP contribution < -0.4 is 10.6 Å². The summed E-state index contributed by atoms with van der Waals surface area (Å²) >= 11 is 0. The smallest absolute Gasteiger partial charge is 0.318 e. The van der Waals surface area contributed by atoms with Crippen LogP contribution in [0.25, 0.3) is 5.65 Å². The van der Waals surface area contributed by atoms with Crippen LogP contribution in [0, 0.1) is 11.8 Å². The van der Waals surface area contributed by atoms with E-state index in [4.69, 9.17) is 4.98 Å². The minimum absolute atomic E-state index is 0.0325. The molecule has 3 aliphatic rings. The Labute approximate surface area is 239 Å². The van der Waals surface area contributed by atoms with Crippen molar-refractivity contribution < 1.29 is 27.2 Å². The highest BCUT2D eigenvalue weighted by Crippen LogP contribution is 2.46. The third-order valence-electron chi connectivity index (χ3n) is 8.50. The van der Waals surface area contributed by atoms with Crippen molar-refractivity contribution in [2.75, 3.05) is 13.1 Å². The van der Waals surface area contributed by atoms with Crippen LogP contribution >= 0.6 is 0 Å². The molecule has 0 unspecified atom stereocenters. The number of halogens is 4. The van der Waals surface area contributed by atoms with E-state index in [-0.39, 0.29) is 49.5 Å². The van der Waals surface area contributed by atoms with Crippen molar-refractivity contribution in [2.24, 2.45) is 11.8 Å². The second-order valence-corrected chi connectivity index (χ2v) is 12.1. The molecule has 2 atom stereocenters. The molecule has 0 spiro atoms. The van der Waals surface area contributed by atoms with Gasteiger partial charge in [0.05, 0.1) is 43.3 Å². The molecule has 3 aromatic heterocycles. The maximum absolute atomic E-state index is 14.3. The van der Waals surface area contributed by atoms with Crippen LogP contribution in [-0.4, -0.2) is 66.2 Å². The van der Waals surface area contributed by atoms with E-state index in [2.05, 4.69) is 20.8 Å². The highest BCUT2D eigenvalue weighted by atomic mass is 19.3. The number of nitrogens with one attached hydrogen (secondary N) is 2. The van der Waals surface area contributed by atoms with E-state index in [1.54, 1.807) is 29.2 Å². The van der Waals surface area contributed by atoms with Gasteiger partial charge in [0.25, 0.3) is 11.8 Å². The summed E-state index contributed by atoms with van der Waals surface area (Å²) in [5.41, 5.74) is 1.81. The highest BCUT2D eigenvalue weighted by Gasteiger charge is 2.47. The molecule has 3 amide bonds. The lowest BCUT2D eigenvalue weighted by molar-refractivity contribution is -0.0495. The van der Waals surface area contributed by atoms with E-state index in [0.717, 1.165) is 12.8 Å². The number of urea groups is 1. The van der Waals surface area contributed by atoms with E-state index < -0.39 is 43.0 Å². The van der Waals surface area contributed by atoms with Gasteiger partial charge in [-0.15, -0.1) is 0 Å². The zero-order valence-electron chi connectivity index (χ0n) is 23.4. The number of alkyl halides is 4. The summed E-state index contributed by atoms with van der Waals surface area (Å²) in [6.45, 7) is 2.43. The molecule has 14 heteroatoms. The van der Waals surface area contributed by atoms with Crippen LogP contribution in [0.1, 0.15) is 92.2 Å². The number of amides is 3. The molecule has 0 radical (unpaired) electrons. The molecule has 3 aromatic rings. The van der Waals surface area contributed by atoms with Gasteiger partial charge < -0.3 is 15.5 Å². The van der Waals surface area contributed by atoms with Gasteiger partial charge in [-0.1, -0.05) is 0 Å². The highest BCUT2D eigenvalue weighted by molar-refractivity contribution is 5.92. The molecule has 3 fully saturated rings. The van der Waals surface area contributed by atoms with Gasteiger partial charge in [-0.2, -0.15) is 10.2 Å². The Bertz CT molecular complexity index is 1470. The molecule has 1 saturated heterocycles. The molecule has 2 N–H and O–H groups in total. The average molecular weight is 591 g/mol. The molecule has 6 rings (SSSR count). The number of rotatable bonds is 8. The Kier molecular flexibility index (Phi) is 7.12. The Morgan fingerprint density at radius 3 is 2.50 bits per heavy atom. The number of nitrogens with zero attached hydrogens (tertiary/aromatic N) is 6. The maximum Gasteiger partial charge on any atom is 0.318 e. The molecular formula is C28H34F4N8O2. The van der Waals surface area contributed by atoms with Crippen molar-refractivity contribution in [1.82, 2.24) is 39.9 Å². The Morgan fingerprint density at radius 2 is 1.81 bits per heavy atom.